The first-order valence-electron chi connectivity index (χ1n) is 7.39. The summed E-state index contributed by atoms with van der Waals surface area (Å²) in [6, 6.07) is 0.116. The molecule has 3 N–H and O–H groups in total. The average Bonchev–Trinajstić information content (AvgIpc) is 2.47. The minimum atomic E-state index is -0.502. The van der Waals surface area contributed by atoms with Gasteiger partial charge in [0, 0.05) is 25.7 Å². The Morgan fingerprint density at radius 3 is 2.40 bits per heavy atom. The lowest BCUT2D eigenvalue weighted by Gasteiger charge is -2.34. The number of amides is 2. The summed E-state index contributed by atoms with van der Waals surface area (Å²) in [6.45, 7) is 7.62. The molecule has 116 valence electrons. The predicted molar refractivity (Wildman–Crippen MR) is 77.2 cm³/mol. The molecule has 0 saturated carbocycles. The average molecular weight is 285 g/mol. The Labute approximate surface area is 121 Å². The highest BCUT2D eigenvalue weighted by molar-refractivity contribution is 5.82. The van der Waals surface area contributed by atoms with E-state index in [2.05, 4.69) is 5.32 Å². The van der Waals surface area contributed by atoms with Crippen LogP contribution in [0.1, 0.15) is 40.0 Å². The summed E-state index contributed by atoms with van der Waals surface area (Å²) >= 11 is 0. The van der Waals surface area contributed by atoms with Crippen LogP contribution in [-0.2, 0) is 9.53 Å². The number of hydrogen-bond donors (Lipinski definition) is 2. The Morgan fingerprint density at radius 1 is 1.35 bits per heavy atom. The van der Waals surface area contributed by atoms with Crippen LogP contribution in [-0.4, -0.2) is 49.2 Å². The van der Waals surface area contributed by atoms with Gasteiger partial charge in [-0.3, -0.25) is 4.79 Å². The zero-order chi connectivity index (χ0) is 15.2. The largest absolute Gasteiger partial charge is 0.450 e. The summed E-state index contributed by atoms with van der Waals surface area (Å²) in [5.74, 6) is 0.0112. The number of nitrogens with two attached hydrogens (primary N) is 1. The number of rotatable bonds is 5. The SMILES string of the molecule is CCOC(=O)N1CCC(NC(=O)C(C)(CC)CN)CC1. The molecule has 0 aliphatic carbocycles. The number of carbonyl (C=O) groups is 2. The van der Waals surface area contributed by atoms with Crippen molar-refractivity contribution < 1.29 is 14.3 Å². The lowest BCUT2D eigenvalue weighted by molar-refractivity contribution is -0.130. The van der Waals surface area contributed by atoms with Crippen molar-refractivity contribution >= 4 is 12.0 Å². The summed E-state index contributed by atoms with van der Waals surface area (Å²) in [5.41, 5.74) is 5.19. The van der Waals surface area contributed by atoms with Gasteiger partial charge in [0.25, 0.3) is 0 Å². The van der Waals surface area contributed by atoms with Crippen LogP contribution in [0.5, 0.6) is 0 Å². The van der Waals surface area contributed by atoms with Crippen molar-refractivity contribution in [3.05, 3.63) is 0 Å². The molecule has 0 aromatic carbocycles. The van der Waals surface area contributed by atoms with Crippen molar-refractivity contribution in [1.29, 1.82) is 0 Å². The van der Waals surface area contributed by atoms with Crippen LogP contribution >= 0.6 is 0 Å². The van der Waals surface area contributed by atoms with Gasteiger partial charge in [-0.05, 0) is 33.1 Å². The van der Waals surface area contributed by atoms with E-state index in [1.54, 1.807) is 11.8 Å². The van der Waals surface area contributed by atoms with Crippen LogP contribution in [0.4, 0.5) is 4.79 Å². The number of piperidine rings is 1. The van der Waals surface area contributed by atoms with E-state index < -0.39 is 5.41 Å². The molecule has 1 saturated heterocycles. The molecule has 0 radical (unpaired) electrons. The highest BCUT2D eigenvalue weighted by Gasteiger charge is 2.32. The fourth-order valence-electron chi connectivity index (χ4n) is 2.18. The second-order valence-electron chi connectivity index (χ2n) is 5.55. The van der Waals surface area contributed by atoms with Crippen LogP contribution in [0.15, 0.2) is 0 Å². The molecular weight excluding hydrogens is 258 g/mol. The third-order valence-corrected chi connectivity index (χ3v) is 4.14. The van der Waals surface area contributed by atoms with E-state index in [0.29, 0.717) is 26.2 Å². The number of carbonyl (C=O) groups excluding carboxylic acids is 2. The minimum Gasteiger partial charge on any atom is -0.450 e. The van der Waals surface area contributed by atoms with E-state index in [4.69, 9.17) is 10.5 Å². The van der Waals surface area contributed by atoms with Crippen LogP contribution in [0.3, 0.4) is 0 Å². The first-order chi connectivity index (χ1) is 9.46. The molecule has 1 rings (SSSR count). The molecule has 1 heterocycles. The number of hydrogen-bond acceptors (Lipinski definition) is 4. The summed E-state index contributed by atoms with van der Waals surface area (Å²) in [6.07, 6.45) is 1.97. The van der Waals surface area contributed by atoms with E-state index in [-0.39, 0.29) is 18.0 Å². The Kier molecular flexibility index (Phi) is 6.26. The van der Waals surface area contributed by atoms with Crippen molar-refractivity contribution in [2.24, 2.45) is 11.1 Å². The van der Waals surface area contributed by atoms with Gasteiger partial charge in [-0.15, -0.1) is 0 Å². The van der Waals surface area contributed by atoms with E-state index in [0.717, 1.165) is 19.3 Å². The monoisotopic (exact) mass is 285 g/mol. The Morgan fingerprint density at radius 2 is 1.95 bits per heavy atom. The second-order valence-corrected chi connectivity index (χ2v) is 5.55. The lowest BCUT2D eigenvalue weighted by Crippen LogP contribution is -2.51. The zero-order valence-electron chi connectivity index (χ0n) is 12.8. The summed E-state index contributed by atoms with van der Waals surface area (Å²) < 4.78 is 4.97. The Hall–Kier alpha value is -1.30. The first-order valence-corrected chi connectivity index (χ1v) is 7.39. The van der Waals surface area contributed by atoms with Crippen molar-refractivity contribution in [1.82, 2.24) is 10.2 Å². The zero-order valence-corrected chi connectivity index (χ0v) is 12.8. The predicted octanol–water partition coefficient (Wildman–Crippen LogP) is 1.10. The van der Waals surface area contributed by atoms with Crippen molar-refractivity contribution in [2.75, 3.05) is 26.2 Å². The van der Waals surface area contributed by atoms with E-state index in [9.17, 15) is 9.59 Å². The molecule has 0 spiro atoms. The van der Waals surface area contributed by atoms with Gasteiger partial charge in [-0.1, -0.05) is 6.92 Å². The van der Waals surface area contributed by atoms with Gasteiger partial charge in [0.05, 0.1) is 12.0 Å². The van der Waals surface area contributed by atoms with E-state index >= 15 is 0 Å². The number of nitrogens with zero attached hydrogens (tertiary/aromatic N) is 1. The maximum Gasteiger partial charge on any atom is 0.409 e. The third-order valence-electron chi connectivity index (χ3n) is 4.14. The van der Waals surface area contributed by atoms with E-state index in [1.807, 2.05) is 13.8 Å². The summed E-state index contributed by atoms with van der Waals surface area (Å²) in [4.78, 5) is 25.5. The Balaban J connectivity index is 2.43. The molecule has 2 amide bonds. The standard InChI is InChI=1S/C14H27N3O3/c1-4-14(3,10-15)12(18)16-11-6-8-17(9-7-11)13(19)20-5-2/h11H,4-10,15H2,1-3H3,(H,16,18). The van der Waals surface area contributed by atoms with Gasteiger partial charge in [0.2, 0.25) is 5.91 Å². The van der Waals surface area contributed by atoms with Gasteiger partial charge >= 0.3 is 6.09 Å². The molecule has 6 nitrogen and oxygen atoms in total. The van der Waals surface area contributed by atoms with Crippen molar-refractivity contribution in [2.45, 2.75) is 46.1 Å². The molecule has 0 aromatic rings. The molecular formula is C14H27N3O3. The molecule has 1 aliphatic rings. The molecule has 20 heavy (non-hydrogen) atoms. The van der Waals surface area contributed by atoms with Crippen LogP contribution < -0.4 is 11.1 Å². The molecule has 6 heteroatoms. The highest BCUT2D eigenvalue weighted by Crippen LogP contribution is 2.21. The fourth-order valence-corrected chi connectivity index (χ4v) is 2.18. The molecule has 0 bridgehead atoms. The van der Waals surface area contributed by atoms with Gasteiger partial charge < -0.3 is 20.7 Å². The molecule has 1 fully saturated rings. The van der Waals surface area contributed by atoms with Crippen molar-refractivity contribution in [3.8, 4) is 0 Å². The van der Waals surface area contributed by atoms with Gasteiger partial charge in [-0.25, -0.2) is 4.79 Å². The molecule has 1 atom stereocenters. The van der Waals surface area contributed by atoms with Crippen LogP contribution in [0.2, 0.25) is 0 Å². The second kappa shape index (κ2) is 7.47. The molecule has 1 unspecified atom stereocenters. The van der Waals surface area contributed by atoms with Gasteiger partial charge in [0.1, 0.15) is 0 Å². The summed E-state index contributed by atoms with van der Waals surface area (Å²) in [5, 5.41) is 3.06. The normalized spacial score (nSPS) is 19.3. The van der Waals surface area contributed by atoms with Gasteiger partial charge in [-0.2, -0.15) is 0 Å². The maximum absolute atomic E-state index is 12.2. The van der Waals surface area contributed by atoms with E-state index in [1.165, 1.54) is 0 Å². The number of nitrogens with one attached hydrogen (secondary N) is 1. The third kappa shape index (κ3) is 4.10. The number of likely N-dealkylation sites (tertiary alicyclic amines) is 1. The lowest BCUT2D eigenvalue weighted by atomic mass is 9.86. The maximum atomic E-state index is 12.2. The smallest absolute Gasteiger partial charge is 0.409 e. The number of ether oxygens (including phenoxy) is 1. The Bertz CT molecular complexity index is 335. The quantitative estimate of drug-likeness (QED) is 0.792. The molecule has 0 aromatic heterocycles. The van der Waals surface area contributed by atoms with Crippen molar-refractivity contribution in [3.63, 3.8) is 0 Å². The molecule has 1 aliphatic heterocycles. The minimum absolute atomic E-state index is 0.0112. The highest BCUT2D eigenvalue weighted by atomic mass is 16.6. The first kappa shape index (κ1) is 16.8. The van der Waals surface area contributed by atoms with Crippen LogP contribution in [0, 0.1) is 5.41 Å². The topological polar surface area (TPSA) is 84.7 Å². The summed E-state index contributed by atoms with van der Waals surface area (Å²) in [7, 11) is 0. The van der Waals surface area contributed by atoms with Crippen LogP contribution in [0.25, 0.3) is 0 Å². The fraction of sp³-hybridized carbons (Fsp3) is 0.857. The van der Waals surface area contributed by atoms with Gasteiger partial charge in [0.15, 0.2) is 0 Å².